The minimum atomic E-state index is -5.08. The molecular formula is C28H26F3N7O4. The third-order valence-electron chi connectivity index (χ3n) is 5.49. The molecule has 0 fully saturated rings. The summed E-state index contributed by atoms with van der Waals surface area (Å²) in [4.78, 5) is 39.2. The number of benzene rings is 2. The van der Waals surface area contributed by atoms with E-state index in [-0.39, 0.29) is 34.2 Å². The van der Waals surface area contributed by atoms with E-state index in [4.69, 9.17) is 10.5 Å². The predicted molar refractivity (Wildman–Crippen MR) is 151 cm³/mol. The topological polar surface area (TPSA) is 157 Å². The molecule has 0 aliphatic rings. The number of aliphatic imine (C=N–C) groups is 1. The Morgan fingerprint density at radius 2 is 1.76 bits per heavy atom. The van der Waals surface area contributed by atoms with Crippen LogP contribution in [0, 0.1) is 5.41 Å². The number of anilines is 1. The molecule has 0 aliphatic heterocycles. The number of hydrogen-bond acceptors (Lipinski definition) is 8. The van der Waals surface area contributed by atoms with Gasteiger partial charge in [0.2, 0.25) is 0 Å². The first-order chi connectivity index (χ1) is 19.8. The van der Waals surface area contributed by atoms with Crippen LogP contribution >= 0.6 is 0 Å². The van der Waals surface area contributed by atoms with E-state index < -0.39 is 29.1 Å². The number of amides is 2. The second kappa shape index (κ2) is 12.0. The number of ether oxygens (including phenoxy) is 2. The normalized spacial score (nSPS) is 12.6. The molecule has 0 saturated carbocycles. The maximum absolute atomic E-state index is 13.3. The number of aromatic nitrogens is 3. The number of pyridine rings is 1. The average Bonchev–Trinajstić information content (AvgIpc) is 2.89. The van der Waals surface area contributed by atoms with Crippen LogP contribution in [0.25, 0.3) is 11.2 Å². The molecule has 0 spiro atoms. The standard InChI is InChI=1S/C28H26F3N7O4/c1-27(2,3)21(32)14-22(35-16-7-5-4-6-8-16)37-26(40)36-17-9-10-18(20(13-17)42-28(29,30)31)41-19-11-12-33-25-24(19)34-15-23(39)38-25/h4-15H,32H2,1-3H3,(H,33,38,39)(H2,35,36,37,40)/b21-14-. The van der Waals surface area contributed by atoms with Gasteiger partial charge in [-0.05, 0) is 24.3 Å². The smallest absolute Gasteiger partial charge is 0.451 e. The molecule has 2 heterocycles. The molecule has 14 heteroatoms. The van der Waals surface area contributed by atoms with Crippen molar-refractivity contribution in [3.05, 3.63) is 89.1 Å². The van der Waals surface area contributed by atoms with Gasteiger partial charge >= 0.3 is 12.4 Å². The number of rotatable bonds is 6. The molecule has 2 amide bonds. The van der Waals surface area contributed by atoms with Crippen LogP contribution in [0.5, 0.6) is 17.2 Å². The number of urea groups is 1. The lowest BCUT2D eigenvalue weighted by Gasteiger charge is -2.19. The van der Waals surface area contributed by atoms with E-state index in [2.05, 4.69) is 35.3 Å². The zero-order valence-electron chi connectivity index (χ0n) is 22.6. The van der Waals surface area contributed by atoms with E-state index in [0.717, 1.165) is 12.3 Å². The second-order valence-corrected chi connectivity index (χ2v) is 9.83. The van der Waals surface area contributed by atoms with Crippen LogP contribution in [0.15, 0.2) is 88.6 Å². The summed E-state index contributed by atoms with van der Waals surface area (Å²) in [6.07, 6.45) is -1.31. The number of carbonyl (C=O) groups is 1. The van der Waals surface area contributed by atoms with Crippen LogP contribution in [-0.4, -0.2) is 33.2 Å². The van der Waals surface area contributed by atoms with Crippen molar-refractivity contribution in [2.75, 3.05) is 5.32 Å². The van der Waals surface area contributed by atoms with E-state index in [1.807, 2.05) is 20.8 Å². The number of nitrogens with two attached hydrogens (primary N) is 1. The van der Waals surface area contributed by atoms with Gasteiger partial charge < -0.3 is 25.5 Å². The van der Waals surface area contributed by atoms with Gasteiger partial charge in [-0.25, -0.2) is 19.8 Å². The maximum atomic E-state index is 13.3. The Morgan fingerprint density at radius 3 is 2.45 bits per heavy atom. The van der Waals surface area contributed by atoms with Crippen LogP contribution in [0.2, 0.25) is 0 Å². The van der Waals surface area contributed by atoms with Gasteiger partial charge in [-0.3, -0.25) is 10.1 Å². The number of H-pyrrole nitrogens is 1. The molecule has 218 valence electrons. The monoisotopic (exact) mass is 581 g/mol. The Labute approximate surface area is 237 Å². The molecule has 0 unspecified atom stereocenters. The van der Waals surface area contributed by atoms with Gasteiger partial charge in [0.1, 0.15) is 11.4 Å². The van der Waals surface area contributed by atoms with Crippen molar-refractivity contribution in [3.8, 4) is 17.2 Å². The lowest BCUT2D eigenvalue weighted by atomic mass is 9.92. The first-order valence-corrected chi connectivity index (χ1v) is 12.4. The van der Waals surface area contributed by atoms with Gasteiger partial charge in [-0.15, -0.1) is 13.2 Å². The summed E-state index contributed by atoms with van der Waals surface area (Å²) in [5.74, 6) is -0.976. The molecule has 0 radical (unpaired) electrons. The molecule has 0 bridgehead atoms. The largest absolute Gasteiger partial charge is 0.573 e. The van der Waals surface area contributed by atoms with Crippen LogP contribution in [-0.2, 0) is 0 Å². The number of nitrogens with one attached hydrogen (secondary N) is 3. The van der Waals surface area contributed by atoms with Crippen molar-refractivity contribution in [1.29, 1.82) is 0 Å². The Hall–Kier alpha value is -5.40. The highest BCUT2D eigenvalue weighted by Gasteiger charge is 2.33. The molecule has 4 aromatic rings. The van der Waals surface area contributed by atoms with Crippen molar-refractivity contribution in [2.24, 2.45) is 16.1 Å². The highest BCUT2D eigenvalue weighted by atomic mass is 19.4. The maximum Gasteiger partial charge on any atom is 0.573 e. The van der Waals surface area contributed by atoms with Crippen LogP contribution in [0.4, 0.5) is 29.3 Å². The fraction of sp³-hybridized carbons (Fsp3) is 0.179. The Balaban J connectivity index is 1.61. The summed E-state index contributed by atoms with van der Waals surface area (Å²) in [6, 6.07) is 12.8. The molecule has 4 rings (SSSR count). The highest BCUT2D eigenvalue weighted by molar-refractivity contribution is 6.08. The van der Waals surface area contributed by atoms with Gasteiger partial charge in [0, 0.05) is 41.2 Å². The quantitative estimate of drug-likeness (QED) is 0.167. The number of allylic oxidation sites excluding steroid dienone is 1. The van der Waals surface area contributed by atoms with Gasteiger partial charge in [-0.2, -0.15) is 0 Å². The second-order valence-electron chi connectivity index (χ2n) is 9.83. The summed E-state index contributed by atoms with van der Waals surface area (Å²) >= 11 is 0. The van der Waals surface area contributed by atoms with Crippen LogP contribution < -0.4 is 31.4 Å². The van der Waals surface area contributed by atoms with Gasteiger partial charge in [0.25, 0.3) is 5.56 Å². The molecule has 5 N–H and O–H groups in total. The summed E-state index contributed by atoms with van der Waals surface area (Å²) in [5, 5.41) is 5.03. The number of halogens is 3. The number of carbonyl (C=O) groups excluding carboxylic acids is 1. The van der Waals surface area contributed by atoms with Crippen molar-refractivity contribution in [3.63, 3.8) is 0 Å². The van der Waals surface area contributed by atoms with Crippen molar-refractivity contribution >= 4 is 34.4 Å². The minimum absolute atomic E-state index is 0.00622. The molecule has 0 aliphatic carbocycles. The predicted octanol–water partition coefficient (Wildman–Crippen LogP) is 5.75. The van der Waals surface area contributed by atoms with E-state index in [1.165, 1.54) is 30.5 Å². The van der Waals surface area contributed by atoms with Gasteiger partial charge in [0.05, 0.1) is 11.9 Å². The molecule has 0 atom stereocenters. The summed E-state index contributed by atoms with van der Waals surface area (Å²) in [5.41, 5.74) is 6.33. The zero-order chi connectivity index (χ0) is 30.5. The van der Waals surface area contributed by atoms with E-state index in [9.17, 15) is 22.8 Å². The SMILES string of the molecule is CC(C)(C)/C(N)=C/C(=Nc1ccccc1)NC(=O)Nc1ccc(Oc2ccnc3[nH]c(=O)cnc23)c(OC(F)(F)F)c1. The number of aromatic amines is 1. The molecule has 42 heavy (non-hydrogen) atoms. The third-order valence-corrected chi connectivity index (χ3v) is 5.49. The van der Waals surface area contributed by atoms with Crippen molar-refractivity contribution in [2.45, 2.75) is 27.1 Å². The summed E-state index contributed by atoms with van der Waals surface area (Å²) in [7, 11) is 0. The lowest BCUT2D eigenvalue weighted by molar-refractivity contribution is -0.275. The number of hydrogen-bond donors (Lipinski definition) is 4. The van der Waals surface area contributed by atoms with E-state index in [1.54, 1.807) is 30.3 Å². The van der Waals surface area contributed by atoms with E-state index >= 15 is 0 Å². The Bertz CT molecular complexity index is 1710. The van der Waals surface area contributed by atoms with Crippen LogP contribution in [0.3, 0.4) is 0 Å². The fourth-order valence-corrected chi connectivity index (χ4v) is 3.38. The number of fused-ring (bicyclic) bond motifs is 1. The van der Waals surface area contributed by atoms with Crippen LogP contribution in [0.1, 0.15) is 20.8 Å². The third kappa shape index (κ3) is 8.06. The minimum Gasteiger partial charge on any atom is -0.451 e. The average molecular weight is 582 g/mol. The van der Waals surface area contributed by atoms with Crippen molar-refractivity contribution in [1.82, 2.24) is 20.3 Å². The van der Waals surface area contributed by atoms with Gasteiger partial charge in [-0.1, -0.05) is 39.0 Å². The number of para-hydroxylation sites is 1. The number of alkyl halides is 3. The Morgan fingerprint density at radius 1 is 1.02 bits per heavy atom. The van der Waals surface area contributed by atoms with Crippen molar-refractivity contribution < 1.29 is 27.4 Å². The first kappa shape index (κ1) is 29.6. The molecule has 11 nitrogen and oxygen atoms in total. The molecule has 2 aromatic carbocycles. The summed E-state index contributed by atoms with van der Waals surface area (Å²) in [6.45, 7) is 5.65. The first-order valence-electron chi connectivity index (χ1n) is 12.4. The lowest BCUT2D eigenvalue weighted by Crippen LogP contribution is -2.34. The summed E-state index contributed by atoms with van der Waals surface area (Å²) < 4.78 is 49.6. The van der Waals surface area contributed by atoms with Gasteiger partial charge in [0.15, 0.2) is 22.9 Å². The number of amidine groups is 1. The fourth-order valence-electron chi connectivity index (χ4n) is 3.38. The Kier molecular flexibility index (Phi) is 8.45. The van der Waals surface area contributed by atoms with E-state index in [0.29, 0.717) is 11.4 Å². The molecular weight excluding hydrogens is 555 g/mol. The molecule has 0 saturated heterocycles. The number of nitrogens with zero attached hydrogens (tertiary/aromatic N) is 3. The highest BCUT2D eigenvalue weighted by Crippen LogP contribution is 2.38. The molecule has 2 aromatic heterocycles. The zero-order valence-corrected chi connectivity index (χ0v) is 22.6.